The predicted octanol–water partition coefficient (Wildman–Crippen LogP) is 1.79. The first-order chi connectivity index (χ1) is 10.6. The Morgan fingerprint density at radius 3 is 2.86 bits per heavy atom. The number of nitrogens with one attached hydrogen (secondary N) is 1. The van der Waals surface area contributed by atoms with Gasteiger partial charge in [-0.3, -0.25) is 9.59 Å². The van der Waals surface area contributed by atoms with Gasteiger partial charge < -0.3 is 10.4 Å². The maximum absolute atomic E-state index is 12.2. The second-order valence-electron chi connectivity index (χ2n) is 4.95. The lowest BCUT2D eigenvalue weighted by Gasteiger charge is -2.08. The molecule has 2 aromatic rings. The van der Waals surface area contributed by atoms with Crippen LogP contribution in [0.2, 0.25) is 0 Å². The number of aromatic nitrogens is 2. The molecule has 0 fully saturated rings. The molecule has 116 valence electrons. The van der Waals surface area contributed by atoms with Crippen molar-refractivity contribution in [1.82, 2.24) is 9.78 Å². The van der Waals surface area contributed by atoms with Gasteiger partial charge in [-0.15, -0.1) is 0 Å². The van der Waals surface area contributed by atoms with Crippen LogP contribution in [0.1, 0.15) is 35.8 Å². The Hall–Kier alpha value is -2.47. The van der Waals surface area contributed by atoms with Crippen molar-refractivity contribution in [2.45, 2.75) is 32.9 Å². The second kappa shape index (κ2) is 7.51. The van der Waals surface area contributed by atoms with E-state index in [1.165, 1.54) is 16.8 Å². The number of rotatable bonds is 6. The van der Waals surface area contributed by atoms with Gasteiger partial charge in [0.05, 0.1) is 6.61 Å². The van der Waals surface area contributed by atoms with E-state index >= 15 is 0 Å². The highest BCUT2D eigenvalue weighted by Gasteiger charge is 2.10. The molecule has 22 heavy (non-hydrogen) atoms. The lowest BCUT2D eigenvalue weighted by Crippen LogP contribution is -2.26. The zero-order chi connectivity index (χ0) is 15.9. The summed E-state index contributed by atoms with van der Waals surface area (Å²) in [4.78, 5) is 23.9. The number of unbranched alkanes of at least 4 members (excludes halogenated alkanes) is 1. The largest absolute Gasteiger partial charge is 0.392 e. The molecule has 0 atom stereocenters. The van der Waals surface area contributed by atoms with Crippen LogP contribution in [-0.2, 0) is 13.2 Å². The molecule has 0 spiro atoms. The Balaban J connectivity index is 2.16. The number of aliphatic hydroxyl groups is 1. The predicted molar refractivity (Wildman–Crippen MR) is 83.7 cm³/mol. The fourth-order valence-electron chi connectivity index (χ4n) is 1.98. The average molecular weight is 301 g/mol. The smallest absolute Gasteiger partial charge is 0.276 e. The minimum absolute atomic E-state index is 0.0934. The van der Waals surface area contributed by atoms with Crippen LogP contribution in [0.4, 0.5) is 5.69 Å². The third kappa shape index (κ3) is 4.02. The summed E-state index contributed by atoms with van der Waals surface area (Å²) in [6.07, 6.45) is 1.77. The highest BCUT2D eigenvalue weighted by atomic mass is 16.3. The number of benzene rings is 1. The van der Waals surface area contributed by atoms with Crippen LogP contribution in [0.15, 0.2) is 41.2 Å². The summed E-state index contributed by atoms with van der Waals surface area (Å²) in [7, 11) is 0. The standard InChI is InChI=1S/C16H19N3O3/c1-2-3-9-19-15(21)8-7-14(18-19)16(22)17-13-6-4-5-12(10-13)11-20/h4-8,10,20H,2-3,9,11H2,1H3,(H,17,22). The molecule has 0 radical (unpaired) electrons. The number of carbonyl (C=O) groups excluding carboxylic acids is 1. The topological polar surface area (TPSA) is 84.2 Å². The van der Waals surface area contributed by atoms with Crippen LogP contribution in [0.25, 0.3) is 0 Å². The first kappa shape index (κ1) is 15.9. The summed E-state index contributed by atoms with van der Waals surface area (Å²) in [5.74, 6) is -0.389. The summed E-state index contributed by atoms with van der Waals surface area (Å²) in [6.45, 7) is 2.43. The highest BCUT2D eigenvalue weighted by Crippen LogP contribution is 2.11. The maximum atomic E-state index is 12.2. The van der Waals surface area contributed by atoms with Crippen molar-refractivity contribution in [1.29, 1.82) is 0 Å². The van der Waals surface area contributed by atoms with Crippen LogP contribution in [-0.4, -0.2) is 20.8 Å². The van der Waals surface area contributed by atoms with Gasteiger partial charge in [0.25, 0.3) is 11.5 Å². The number of amides is 1. The van der Waals surface area contributed by atoms with E-state index in [1.54, 1.807) is 24.3 Å². The molecule has 0 unspecified atom stereocenters. The summed E-state index contributed by atoms with van der Waals surface area (Å²) in [6, 6.07) is 9.68. The van der Waals surface area contributed by atoms with Crippen LogP contribution < -0.4 is 10.9 Å². The van der Waals surface area contributed by atoms with Crippen molar-refractivity contribution >= 4 is 11.6 Å². The third-order valence-corrected chi connectivity index (χ3v) is 3.19. The minimum atomic E-state index is -0.389. The van der Waals surface area contributed by atoms with Crippen LogP contribution in [0.5, 0.6) is 0 Å². The van der Waals surface area contributed by atoms with E-state index in [2.05, 4.69) is 10.4 Å². The quantitative estimate of drug-likeness (QED) is 0.852. The van der Waals surface area contributed by atoms with Crippen molar-refractivity contribution in [3.05, 3.63) is 58.0 Å². The van der Waals surface area contributed by atoms with E-state index < -0.39 is 0 Å². The second-order valence-corrected chi connectivity index (χ2v) is 4.95. The fraction of sp³-hybridized carbons (Fsp3) is 0.312. The molecule has 0 aliphatic heterocycles. The van der Waals surface area contributed by atoms with Crippen LogP contribution >= 0.6 is 0 Å². The number of nitrogens with zero attached hydrogens (tertiary/aromatic N) is 2. The Morgan fingerprint density at radius 1 is 1.32 bits per heavy atom. The molecular weight excluding hydrogens is 282 g/mol. The zero-order valence-corrected chi connectivity index (χ0v) is 12.5. The number of hydrogen-bond acceptors (Lipinski definition) is 4. The van der Waals surface area contributed by atoms with Gasteiger partial charge in [-0.25, -0.2) is 4.68 Å². The number of aryl methyl sites for hydroxylation is 1. The Bertz CT molecular complexity index is 710. The van der Waals surface area contributed by atoms with Gasteiger partial charge in [0, 0.05) is 18.3 Å². The molecule has 2 N–H and O–H groups in total. The normalized spacial score (nSPS) is 10.5. The van der Waals surface area contributed by atoms with E-state index in [1.807, 2.05) is 6.92 Å². The molecule has 6 heteroatoms. The molecule has 0 saturated heterocycles. The average Bonchev–Trinajstić information content (AvgIpc) is 2.54. The Kier molecular flexibility index (Phi) is 5.43. The fourth-order valence-corrected chi connectivity index (χ4v) is 1.98. The monoisotopic (exact) mass is 301 g/mol. The zero-order valence-electron chi connectivity index (χ0n) is 12.5. The first-order valence-electron chi connectivity index (χ1n) is 7.23. The highest BCUT2D eigenvalue weighted by molar-refractivity contribution is 6.02. The van der Waals surface area contributed by atoms with Crippen LogP contribution in [0.3, 0.4) is 0 Å². The van der Waals surface area contributed by atoms with Crippen molar-refractivity contribution in [3.8, 4) is 0 Å². The molecule has 0 aliphatic carbocycles. The van der Waals surface area contributed by atoms with Gasteiger partial charge in [0.15, 0.2) is 0 Å². The van der Waals surface area contributed by atoms with Gasteiger partial charge in [-0.05, 0) is 30.2 Å². The molecule has 0 saturated carbocycles. The van der Waals surface area contributed by atoms with Crippen molar-refractivity contribution in [3.63, 3.8) is 0 Å². The molecule has 2 rings (SSSR count). The minimum Gasteiger partial charge on any atom is -0.392 e. The number of hydrogen-bond donors (Lipinski definition) is 2. The molecule has 1 heterocycles. The molecule has 0 aliphatic rings. The molecule has 1 amide bonds. The molecular formula is C16H19N3O3. The molecule has 1 aromatic carbocycles. The molecule has 6 nitrogen and oxygen atoms in total. The van der Waals surface area contributed by atoms with E-state index in [9.17, 15) is 9.59 Å². The van der Waals surface area contributed by atoms with Crippen molar-refractivity contribution < 1.29 is 9.90 Å². The maximum Gasteiger partial charge on any atom is 0.276 e. The third-order valence-electron chi connectivity index (χ3n) is 3.19. The number of anilines is 1. The number of aliphatic hydroxyl groups excluding tert-OH is 1. The van der Waals surface area contributed by atoms with Gasteiger partial charge in [-0.2, -0.15) is 5.10 Å². The Morgan fingerprint density at radius 2 is 2.14 bits per heavy atom. The summed E-state index contributed by atoms with van der Waals surface area (Å²) in [5, 5.41) is 15.9. The van der Waals surface area contributed by atoms with Crippen LogP contribution in [0, 0.1) is 0 Å². The van der Waals surface area contributed by atoms with E-state index in [0.717, 1.165) is 12.8 Å². The van der Waals surface area contributed by atoms with Gasteiger partial charge in [0.2, 0.25) is 0 Å². The lowest BCUT2D eigenvalue weighted by atomic mass is 10.2. The summed E-state index contributed by atoms with van der Waals surface area (Å²) < 4.78 is 1.31. The van der Waals surface area contributed by atoms with Crippen molar-refractivity contribution in [2.24, 2.45) is 0 Å². The first-order valence-corrected chi connectivity index (χ1v) is 7.23. The molecule has 1 aromatic heterocycles. The van der Waals surface area contributed by atoms with E-state index in [4.69, 9.17) is 5.11 Å². The van der Waals surface area contributed by atoms with Gasteiger partial charge in [-0.1, -0.05) is 25.5 Å². The van der Waals surface area contributed by atoms with Gasteiger partial charge >= 0.3 is 0 Å². The van der Waals surface area contributed by atoms with Crippen molar-refractivity contribution in [2.75, 3.05) is 5.32 Å². The lowest BCUT2D eigenvalue weighted by molar-refractivity contribution is 0.101. The van der Waals surface area contributed by atoms with E-state index in [0.29, 0.717) is 17.8 Å². The summed E-state index contributed by atoms with van der Waals surface area (Å²) >= 11 is 0. The Labute approximate surface area is 128 Å². The van der Waals surface area contributed by atoms with Gasteiger partial charge in [0.1, 0.15) is 5.69 Å². The SMILES string of the molecule is CCCCn1nc(C(=O)Nc2cccc(CO)c2)ccc1=O. The number of carbonyl (C=O) groups is 1. The van der Waals surface area contributed by atoms with E-state index in [-0.39, 0.29) is 23.8 Å². The molecule has 0 bridgehead atoms. The summed E-state index contributed by atoms with van der Waals surface area (Å²) in [5.41, 5.74) is 1.25.